The van der Waals surface area contributed by atoms with Crippen LogP contribution in [0.2, 0.25) is 0 Å². The van der Waals surface area contributed by atoms with E-state index in [-0.39, 0.29) is 12.1 Å². The molecular weight excluding hydrogens is 308 g/mol. The number of halogens is 1. The van der Waals surface area contributed by atoms with Crippen molar-refractivity contribution in [3.8, 4) is 0 Å². The van der Waals surface area contributed by atoms with Gasteiger partial charge in [0.2, 0.25) is 0 Å². The first-order chi connectivity index (χ1) is 10.1. The highest BCUT2D eigenvalue weighted by molar-refractivity contribution is 7.86. The Bertz CT molecular complexity index is 455. The van der Waals surface area contributed by atoms with Gasteiger partial charge in [-0.3, -0.25) is 0 Å². The highest BCUT2D eigenvalue weighted by atomic mass is 35.5. The largest absolute Gasteiger partial charge is 0.282 e. The van der Waals surface area contributed by atoms with Crippen molar-refractivity contribution in [1.29, 1.82) is 0 Å². The minimum atomic E-state index is -3.33. The Hall–Kier alpha value is 0.160. The van der Waals surface area contributed by atoms with Crippen LogP contribution in [-0.2, 0) is 10.2 Å². The van der Waals surface area contributed by atoms with E-state index in [2.05, 4.69) is 0 Å². The van der Waals surface area contributed by atoms with Gasteiger partial charge in [0.1, 0.15) is 0 Å². The molecule has 2 aliphatic heterocycles. The molecule has 2 heterocycles. The first-order valence-corrected chi connectivity index (χ1v) is 10.4. The lowest BCUT2D eigenvalue weighted by Crippen LogP contribution is -2.57. The summed E-state index contributed by atoms with van der Waals surface area (Å²) >= 11 is 6.03. The predicted octanol–water partition coefficient (Wildman–Crippen LogP) is 2.98. The Morgan fingerprint density at radius 2 is 1.52 bits per heavy atom. The van der Waals surface area contributed by atoms with Crippen molar-refractivity contribution in [2.45, 2.75) is 69.9 Å². The number of rotatable bonds is 3. The summed E-state index contributed by atoms with van der Waals surface area (Å²) in [7, 11) is -3.33. The molecule has 6 heteroatoms. The van der Waals surface area contributed by atoms with E-state index >= 15 is 0 Å². The Labute approximate surface area is 134 Å². The Morgan fingerprint density at radius 1 is 0.857 bits per heavy atom. The quantitative estimate of drug-likeness (QED) is 0.744. The molecule has 0 aromatic rings. The molecule has 122 valence electrons. The van der Waals surface area contributed by atoms with E-state index in [1.807, 2.05) is 4.31 Å². The molecule has 3 unspecified atom stereocenters. The highest BCUT2D eigenvalue weighted by Gasteiger charge is 2.43. The lowest BCUT2D eigenvalue weighted by atomic mass is 9.79. The number of alkyl halides is 1. The maximum absolute atomic E-state index is 13.2. The Kier molecular flexibility index (Phi) is 5.14. The highest BCUT2D eigenvalue weighted by Crippen LogP contribution is 2.38. The topological polar surface area (TPSA) is 40.6 Å². The van der Waals surface area contributed by atoms with Crippen LogP contribution in [0.1, 0.15) is 57.8 Å². The zero-order valence-corrected chi connectivity index (χ0v) is 14.3. The van der Waals surface area contributed by atoms with Crippen molar-refractivity contribution in [3.05, 3.63) is 0 Å². The van der Waals surface area contributed by atoms with Crippen LogP contribution in [0.3, 0.4) is 0 Å². The van der Waals surface area contributed by atoms with Gasteiger partial charge < -0.3 is 0 Å². The van der Waals surface area contributed by atoms with E-state index < -0.39 is 10.2 Å². The van der Waals surface area contributed by atoms with E-state index in [4.69, 9.17) is 11.6 Å². The fraction of sp³-hybridized carbons (Fsp3) is 1.00. The number of hydrogen-bond donors (Lipinski definition) is 0. The molecule has 1 saturated carbocycles. The van der Waals surface area contributed by atoms with E-state index in [0.717, 1.165) is 32.1 Å². The average Bonchev–Trinajstić information content (AvgIpc) is 2.54. The third-order valence-corrected chi connectivity index (χ3v) is 8.01. The third kappa shape index (κ3) is 3.12. The van der Waals surface area contributed by atoms with Gasteiger partial charge in [0.05, 0.1) is 0 Å². The summed E-state index contributed by atoms with van der Waals surface area (Å²) < 4.78 is 29.9. The molecule has 0 N–H and O–H groups in total. The lowest BCUT2D eigenvalue weighted by Gasteiger charge is -2.46. The first kappa shape index (κ1) is 16.0. The predicted molar refractivity (Wildman–Crippen MR) is 85.7 cm³/mol. The molecule has 2 saturated heterocycles. The molecule has 0 bridgehead atoms. The average molecular weight is 335 g/mol. The number of fused-ring (bicyclic) bond motifs is 1. The van der Waals surface area contributed by atoms with Crippen LogP contribution in [0.15, 0.2) is 0 Å². The summed E-state index contributed by atoms with van der Waals surface area (Å²) in [5.74, 6) is 1.00. The van der Waals surface area contributed by atoms with Crippen LogP contribution < -0.4 is 0 Å². The van der Waals surface area contributed by atoms with E-state index in [1.165, 1.54) is 25.7 Å². The van der Waals surface area contributed by atoms with Crippen LogP contribution in [0.5, 0.6) is 0 Å². The van der Waals surface area contributed by atoms with Gasteiger partial charge in [-0.25, -0.2) is 0 Å². The second-order valence-corrected chi connectivity index (χ2v) is 8.93. The summed E-state index contributed by atoms with van der Waals surface area (Å²) in [6, 6.07) is 0.241. The SMILES string of the molecule is O=S(=O)(N1CCCCC1CCl)N1CCCC2CCCCC21. The molecule has 21 heavy (non-hydrogen) atoms. The fourth-order valence-corrected chi connectivity index (χ4v) is 7.00. The van der Waals surface area contributed by atoms with Crippen LogP contribution in [-0.4, -0.2) is 48.1 Å². The Morgan fingerprint density at radius 3 is 2.33 bits per heavy atom. The summed E-state index contributed by atoms with van der Waals surface area (Å²) in [6.45, 7) is 1.35. The molecule has 0 aromatic heterocycles. The summed E-state index contributed by atoms with van der Waals surface area (Å²) in [4.78, 5) is 0. The van der Waals surface area contributed by atoms with Gasteiger partial charge >= 0.3 is 0 Å². The smallest absolute Gasteiger partial charge is 0.195 e. The van der Waals surface area contributed by atoms with Gasteiger partial charge in [0.15, 0.2) is 0 Å². The lowest BCUT2D eigenvalue weighted by molar-refractivity contribution is 0.116. The molecule has 3 fully saturated rings. The third-order valence-electron chi connectivity index (χ3n) is 5.54. The van der Waals surface area contributed by atoms with Gasteiger partial charge in [-0.2, -0.15) is 17.0 Å². The second kappa shape index (κ2) is 6.73. The van der Waals surface area contributed by atoms with E-state index in [9.17, 15) is 8.42 Å². The van der Waals surface area contributed by atoms with Gasteiger partial charge in [-0.1, -0.05) is 19.3 Å². The fourth-order valence-electron chi connectivity index (χ4n) is 4.43. The molecular formula is C15H27ClN2O2S. The Balaban J connectivity index is 1.82. The maximum Gasteiger partial charge on any atom is 0.282 e. The minimum absolute atomic E-state index is 0.00520. The molecule has 0 aromatic carbocycles. The van der Waals surface area contributed by atoms with Gasteiger partial charge in [-0.15, -0.1) is 11.6 Å². The molecule has 1 aliphatic carbocycles. The number of nitrogens with zero attached hydrogens (tertiary/aromatic N) is 2. The maximum atomic E-state index is 13.2. The van der Waals surface area contributed by atoms with Gasteiger partial charge in [-0.05, 0) is 44.4 Å². The van der Waals surface area contributed by atoms with Gasteiger partial charge in [0, 0.05) is 31.1 Å². The van der Waals surface area contributed by atoms with Crippen molar-refractivity contribution < 1.29 is 8.42 Å². The molecule has 3 rings (SSSR count). The molecule has 3 aliphatic rings. The molecule has 0 radical (unpaired) electrons. The summed E-state index contributed by atoms with van der Waals surface area (Å²) in [6.07, 6.45) is 9.87. The van der Waals surface area contributed by atoms with E-state index in [1.54, 1.807) is 4.31 Å². The van der Waals surface area contributed by atoms with Crippen molar-refractivity contribution in [1.82, 2.24) is 8.61 Å². The van der Waals surface area contributed by atoms with Crippen molar-refractivity contribution in [2.24, 2.45) is 5.92 Å². The van der Waals surface area contributed by atoms with Crippen molar-refractivity contribution in [3.63, 3.8) is 0 Å². The van der Waals surface area contributed by atoms with Crippen molar-refractivity contribution >= 4 is 21.8 Å². The summed E-state index contributed by atoms with van der Waals surface area (Å²) in [5.41, 5.74) is 0. The monoisotopic (exact) mass is 334 g/mol. The van der Waals surface area contributed by atoms with Crippen LogP contribution in [0.25, 0.3) is 0 Å². The van der Waals surface area contributed by atoms with Crippen LogP contribution in [0, 0.1) is 5.92 Å². The van der Waals surface area contributed by atoms with Crippen LogP contribution >= 0.6 is 11.6 Å². The van der Waals surface area contributed by atoms with E-state index in [0.29, 0.717) is 24.9 Å². The molecule has 0 amide bonds. The minimum Gasteiger partial charge on any atom is -0.195 e. The van der Waals surface area contributed by atoms with Crippen molar-refractivity contribution in [2.75, 3.05) is 19.0 Å². The molecule has 0 spiro atoms. The molecule has 3 atom stereocenters. The number of piperidine rings is 2. The van der Waals surface area contributed by atoms with Crippen LogP contribution in [0.4, 0.5) is 0 Å². The first-order valence-electron chi connectivity index (χ1n) is 8.49. The number of hydrogen-bond acceptors (Lipinski definition) is 2. The second-order valence-electron chi connectivity index (χ2n) is 6.79. The normalized spacial score (nSPS) is 36.3. The standard InChI is InChI=1S/C15H27ClN2O2S/c16-12-14-8-3-4-10-17(14)21(19,20)18-11-5-7-13-6-1-2-9-15(13)18/h13-15H,1-12H2. The summed E-state index contributed by atoms with van der Waals surface area (Å²) in [5, 5.41) is 0. The zero-order valence-electron chi connectivity index (χ0n) is 12.7. The van der Waals surface area contributed by atoms with Gasteiger partial charge in [0.25, 0.3) is 10.2 Å². The molecule has 4 nitrogen and oxygen atoms in total. The zero-order chi connectivity index (χ0) is 14.9.